The van der Waals surface area contributed by atoms with Crippen molar-refractivity contribution in [2.24, 2.45) is 0 Å². The minimum Gasteiger partial charge on any atom is -0.462 e. The number of nitrogens with zero attached hydrogens (tertiary/aromatic N) is 1. The minimum absolute atomic E-state index is 0.0490. The van der Waals surface area contributed by atoms with E-state index in [-0.39, 0.29) is 22.3 Å². The number of hydrogen-bond acceptors (Lipinski definition) is 7. The van der Waals surface area contributed by atoms with E-state index in [1.54, 1.807) is 27.7 Å². The average Bonchev–Trinajstić information content (AvgIpc) is 2.69. The van der Waals surface area contributed by atoms with Crippen LogP contribution in [-0.2, 0) is 9.47 Å². The summed E-state index contributed by atoms with van der Waals surface area (Å²) in [6.45, 7) is 6.99. The Morgan fingerprint density at radius 2 is 2.05 bits per heavy atom. The van der Waals surface area contributed by atoms with Crippen LogP contribution < -0.4 is 5.32 Å². The third-order valence-corrected chi connectivity index (χ3v) is 2.80. The van der Waals surface area contributed by atoms with Gasteiger partial charge in [-0.25, -0.2) is 14.6 Å². The third-order valence-electron chi connectivity index (χ3n) is 1.83. The van der Waals surface area contributed by atoms with Gasteiger partial charge in [-0.15, -0.1) is 0 Å². The maximum absolute atomic E-state index is 11.6. The van der Waals surface area contributed by atoms with Gasteiger partial charge in [-0.3, -0.25) is 10.1 Å². The van der Waals surface area contributed by atoms with Gasteiger partial charge >= 0.3 is 12.1 Å². The topological polar surface area (TPSA) is 94.6 Å². The second-order valence-corrected chi connectivity index (χ2v) is 5.70. The second kappa shape index (κ2) is 6.47. The lowest BCUT2D eigenvalue weighted by molar-refractivity contribution is 0.0528. The van der Waals surface area contributed by atoms with Crippen LogP contribution >= 0.6 is 11.3 Å². The van der Waals surface area contributed by atoms with E-state index in [0.29, 0.717) is 6.29 Å². The average molecular weight is 300 g/mol. The molecule has 0 radical (unpaired) electrons. The largest absolute Gasteiger partial charge is 0.462 e. The van der Waals surface area contributed by atoms with Gasteiger partial charge < -0.3 is 9.47 Å². The highest BCUT2D eigenvalue weighted by atomic mass is 32.1. The number of anilines is 1. The van der Waals surface area contributed by atoms with E-state index >= 15 is 0 Å². The molecule has 7 nitrogen and oxygen atoms in total. The quantitative estimate of drug-likeness (QED) is 0.678. The Hall–Kier alpha value is -1.96. The second-order valence-electron chi connectivity index (χ2n) is 4.70. The number of hydrogen-bond donors (Lipinski definition) is 1. The molecule has 20 heavy (non-hydrogen) atoms. The summed E-state index contributed by atoms with van der Waals surface area (Å²) in [5.74, 6) is -0.649. The van der Waals surface area contributed by atoms with Crippen LogP contribution in [0.4, 0.5) is 9.93 Å². The van der Waals surface area contributed by atoms with Crippen molar-refractivity contribution in [3.8, 4) is 0 Å². The van der Waals surface area contributed by atoms with E-state index < -0.39 is 17.7 Å². The van der Waals surface area contributed by atoms with Gasteiger partial charge in [0.05, 0.1) is 6.61 Å². The first kappa shape index (κ1) is 16.1. The highest BCUT2D eigenvalue weighted by molar-refractivity contribution is 7.17. The molecule has 0 aliphatic rings. The number of thiazole rings is 1. The third kappa shape index (κ3) is 4.61. The molecule has 0 aliphatic carbocycles. The molecule has 1 amide bonds. The fraction of sp³-hybridized carbons (Fsp3) is 0.500. The summed E-state index contributed by atoms with van der Waals surface area (Å²) in [4.78, 5) is 37.9. The number of carbonyl (C=O) groups is 3. The Bertz CT molecular complexity index is 518. The molecule has 0 unspecified atom stereocenters. The van der Waals surface area contributed by atoms with Gasteiger partial charge in [0, 0.05) is 0 Å². The van der Waals surface area contributed by atoms with Gasteiger partial charge in [0.25, 0.3) is 0 Å². The Kier molecular flexibility index (Phi) is 5.20. The molecule has 8 heteroatoms. The molecule has 0 saturated heterocycles. The summed E-state index contributed by atoms with van der Waals surface area (Å²) >= 11 is 0.858. The van der Waals surface area contributed by atoms with E-state index in [1.807, 2.05) is 0 Å². The number of rotatable bonds is 4. The number of esters is 1. The molecule has 1 aromatic heterocycles. The molecule has 0 atom stereocenters. The smallest absolute Gasteiger partial charge is 0.413 e. The first-order valence-electron chi connectivity index (χ1n) is 5.90. The van der Waals surface area contributed by atoms with Crippen LogP contribution in [0.1, 0.15) is 47.9 Å². The van der Waals surface area contributed by atoms with Gasteiger partial charge in [0.1, 0.15) is 16.2 Å². The van der Waals surface area contributed by atoms with Gasteiger partial charge in [0.15, 0.2) is 11.4 Å². The van der Waals surface area contributed by atoms with E-state index in [2.05, 4.69) is 10.3 Å². The highest BCUT2D eigenvalue weighted by Gasteiger charge is 2.22. The summed E-state index contributed by atoms with van der Waals surface area (Å²) < 4.78 is 9.84. The molecule has 0 fully saturated rings. The lowest BCUT2D eigenvalue weighted by atomic mass is 10.2. The number of carbonyl (C=O) groups excluding carboxylic acids is 3. The predicted octanol–water partition coefficient (Wildman–Crippen LogP) is 2.48. The molecular formula is C12H16N2O5S. The molecule has 1 aromatic rings. The highest BCUT2D eigenvalue weighted by Crippen LogP contribution is 2.23. The summed E-state index contributed by atoms with van der Waals surface area (Å²) in [5.41, 5.74) is -0.724. The molecule has 0 saturated carbocycles. The first-order chi connectivity index (χ1) is 9.26. The lowest BCUT2D eigenvalue weighted by Crippen LogP contribution is -2.27. The standard InChI is InChI=1S/C12H16N2O5S/c1-5-18-9(16)8-7(6-15)13-10(20-8)14-11(17)19-12(2,3)4/h6H,5H2,1-4H3,(H,13,14,17). The molecule has 0 aromatic carbocycles. The lowest BCUT2D eigenvalue weighted by Gasteiger charge is -2.18. The Morgan fingerprint density at radius 1 is 1.40 bits per heavy atom. The number of amides is 1. The molecule has 0 aliphatic heterocycles. The van der Waals surface area contributed by atoms with Crippen LogP contribution in [0.3, 0.4) is 0 Å². The van der Waals surface area contributed by atoms with Gasteiger partial charge in [0.2, 0.25) is 0 Å². The zero-order chi connectivity index (χ0) is 15.3. The molecule has 0 bridgehead atoms. The Morgan fingerprint density at radius 3 is 2.55 bits per heavy atom. The fourth-order valence-electron chi connectivity index (χ4n) is 1.20. The van der Waals surface area contributed by atoms with Gasteiger partial charge in [-0.05, 0) is 27.7 Å². The molecule has 1 N–H and O–H groups in total. The molecular weight excluding hydrogens is 284 g/mol. The van der Waals surface area contributed by atoms with Gasteiger partial charge in [-0.1, -0.05) is 11.3 Å². The number of aldehydes is 1. The molecule has 110 valence electrons. The minimum atomic E-state index is -0.709. The zero-order valence-corrected chi connectivity index (χ0v) is 12.5. The number of aromatic nitrogens is 1. The monoisotopic (exact) mass is 300 g/mol. The van der Waals surface area contributed by atoms with E-state index in [1.165, 1.54) is 0 Å². The van der Waals surface area contributed by atoms with Crippen molar-refractivity contribution in [3.05, 3.63) is 10.6 Å². The summed E-state index contributed by atoms with van der Waals surface area (Å²) in [5, 5.41) is 2.47. The van der Waals surface area contributed by atoms with Crippen molar-refractivity contribution in [1.82, 2.24) is 4.98 Å². The van der Waals surface area contributed by atoms with Crippen LogP contribution in [0.15, 0.2) is 0 Å². The molecule has 1 rings (SSSR count). The van der Waals surface area contributed by atoms with Crippen LogP contribution in [-0.4, -0.2) is 35.5 Å². The summed E-state index contributed by atoms with van der Waals surface area (Å²) in [6.07, 6.45) is -0.276. The molecule has 0 spiro atoms. The van der Waals surface area contributed by atoms with Crippen molar-refractivity contribution in [2.75, 3.05) is 11.9 Å². The maximum Gasteiger partial charge on any atom is 0.413 e. The SMILES string of the molecule is CCOC(=O)c1sc(NC(=O)OC(C)(C)C)nc1C=O. The van der Waals surface area contributed by atoms with Crippen molar-refractivity contribution < 1.29 is 23.9 Å². The van der Waals surface area contributed by atoms with Crippen molar-refractivity contribution in [3.63, 3.8) is 0 Å². The number of ether oxygens (including phenoxy) is 2. The summed E-state index contributed by atoms with van der Waals surface area (Å²) in [7, 11) is 0. The van der Waals surface area contributed by atoms with E-state index in [4.69, 9.17) is 9.47 Å². The molecule has 1 heterocycles. The van der Waals surface area contributed by atoms with Crippen LogP contribution in [0.2, 0.25) is 0 Å². The van der Waals surface area contributed by atoms with Crippen LogP contribution in [0, 0.1) is 0 Å². The zero-order valence-electron chi connectivity index (χ0n) is 11.7. The summed E-state index contributed by atoms with van der Waals surface area (Å²) in [6, 6.07) is 0. The van der Waals surface area contributed by atoms with E-state index in [0.717, 1.165) is 11.3 Å². The van der Waals surface area contributed by atoms with Crippen LogP contribution in [0.25, 0.3) is 0 Å². The van der Waals surface area contributed by atoms with Gasteiger partial charge in [-0.2, -0.15) is 0 Å². The van der Waals surface area contributed by atoms with Crippen molar-refractivity contribution in [2.45, 2.75) is 33.3 Å². The Balaban J connectivity index is 2.85. The predicted molar refractivity (Wildman–Crippen MR) is 73.3 cm³/mol. The fourth-order valence-corrected chi connectivity index (χ4v) is 2.01. The maximum atomic E-state index is 11.6. The van der Waals surface area contributed by atoms with E-state index in [9.17, 15) is 14.4 Å². The first-order valence-corrected chi connectivity index (χ1v) is 6.71. The van der Waals surface area contributed by atoms with Crippen molar-refractivity contribution >= 4 is 34.8 Å². The normalized spacial score (nSPS) is 10.8. The van der Waals surface area contributed by atoms with Crippen molar-refractivity contribution in [1.29, 1.82) is 0 Å². The Labute approximate surface area is 120 Å². The van der Waals surface area contributed by atoms with Crippen LogP contribution in [0.5, 0.6) is 0 Å². The number of nitrogens with one attached hydrogen (secondary N) is 1.